The van der Waals surface area contributed by atoms with Gasteiger partial charge in [-0.1, -0.05) is 36.4 Å². The molecule has 21 heavy (non-hydrogen) atoms. The molecule has 2 aromatic carbocycles. The molecular formula is C17H20N2O2. The number of nitrogen functional groups attached to an aromatic ring is 1. The van der Waals surface area contributed by atoms with Crippen LogP contribution in [0.2, 0.25) is 0 Å². The van der Waals surface area contributed by atoms with Crippen LogP contribution in [-0.2, 0) is 6.54 Å². The van der Waals surface area contributed by atoms with Crippen LogP contribution in [-0.4, -0.2) is 17.1 Å². The highest BCUT2D eigenvalue weighted by Crippen LogP contribution is 2.29. The summed E-state index contributed by atoms with van der Waals surface area (Å²) in [5.41, 5.74) is 8.43. The third kappa shape index (κ3) is 3.34. The zero-order valence-electron chi connectivity index (χ0n) is 12.3. The molecule has 0 aromatic heterocycles. The Morgan fingerprint density at radius 2 is 1.81 bits per heavy atom. The Bertz CT molecular complexity index is 624. The third-order valence-electron chi connectivity index (χ3n) is 3.44. The Balaban J connectivity index is 2.39. The molecule has 0 fully saturated rings. The van der Waals surface area contributed by atoms with E-state index in [1.807, 2.05) is 36.4 Å². The molecule has 0 heterocycles. The van der Waals surface area contributed by atoms with Gasteiger partial charge in [0.05, 0.1) is 16.9 Å². The molecule has 0 spiro atoms. The standard InChI is InChI=1S/C17H20N2O2/c1-12(2)19(11-13-7-4-3-5-8-13)15-10-6-9-14(16(15)18)17(20)21/h3-10,12H,11,18H2,1-2H3,(H,20,21). The van der Waals surface area contributed by atoms with Crippen molar-refractivity contribution in [3.63, 3.8) is 0 Å². The molecule has 0 aliphatic rings. The molecule has 0 saturated heterocycles. The second-order valence-electron chi connectivity index (χ2n) is 5.25. The number of hydrogen-bond acceptors (Lipinski definition) is 3. The summed E-state index contributed by atoms with van der Waals surface area (Å²) in [5.74, 6) is -1.00. The second kappa shape index (κ2) is 6.31. The van der Waals surface area contributed by atoms with Crippen molar-refractivity contribution in [1.82, 2.24) is 0 Å². The number of para-hydroxylation sites is 1. The molecule has 2 rings (SSSR count). The van der Waals surface area contributed by atoms with Crippen molar-refractivity contribution in [3.8, 4) is 0 Å². The number of nitrogens with zero attached hydrogens (tertiary/aromatic N) is 1. The first-order chi connectivity index (χ1) is 10.0. The van der Waals surface area contributed by atoms with Gasteiger partial charge in [0.1, 0.15) is 0 Å². The van der Waals surface area contributed by atoms with Gasteiger partial charge >= 0.3 is 5.97 Å². The van der Waals surface area contributed by atoms with E-state index >= 15 is 0 Å². The van der Waals surface area contributed by atoms with Crippen molar-refractivity contribution in [2.24, 2.45) is 0 Å². The van der Waals surface area contributed by atoms with E-state index in [0.29, 0.717) is 12.2 Å². The highest BCUT2D eigenvalue weighted by Gasteiger charge is 2.18. The average molecular weight is 284 g/mol. The Morgan fingerprint density at radius 1 is 1.14 bits per heavy atom. The van der Waals surface area contributed by atoms with Gasteiger partial charge in [-0.15, -0.1) is 0 Å². The van der Waals surface area contributed by atoms with Gasteiger partial charge in [0.15, 0.2) is 0 Å². The number of hydrogen-bond donors (Lipinski definition) is 2. The molecule has 0 unspecified atom stereocenters. The zero-order valence-corrected chi connectivity index (χ0v) is 12.3. The molecule has 0 saturated carbocycles. The molecule has 0 amide bonds. The van der Waals surface area contributed by atoms with Crippen LogP contribution < -0.4 is 10.6 Å². The normalized spacial score (nSPS) is 10.6. The van der Waals surface area contributed by atoms with Crippen molar-refractivity contribution in [2.75, 3.05) is 10.6 Å². The van der Waals surface area contributed by atoms with Gasteiger partial charge in [-0.25, -0.2) is 4.79 Å². The van der Waals surface area contributed by atoms with E-state index in [1.165, 1.54) is 6.07 Å². The minimum atomic E-state index is -1.00. The molecule has 2 aromatic rings. The van der Waals surface area contributed by atoms with Crippen LogP contribution in [0.1, 0.15) is 29.8 Å². The lowest BCUT2D eigenvalue weighted by Crippen LogP contribution is -2.31. The predicted octanol–water partition coefficient (Wildman–Crippen LogP) is 3.38. The molecular weight excluding hydrogens is 264 g/mol. The maximum Gasteiger partial charge on any atom is 0.337 e. The molecule has 0 radical (unpaired) electrons. The predicted molar refractivity (Wildman–Crippen MR) is 85.6 cm³/mol. The third-order valence-corrected chi connectivity index (χ3v) is 3.44. The molecule has 0 aliphatic carbocycles. The van der Waals surface area contributed by atoms with Gasteiger partial charge in [0.25, 0.3) is 0 Å². The van der Waals surface area contributed by atoms with E-state index in [-0.39, 0.29) is 11.6 Å². The number of aromatic carboxylic acids is 1. The van der Waals surface area contributed by atoms with E-state index in [4.69, 9.17) is 5.73 Å². The topological polar surface area (TPSA) is 66.6 Å². The molecule has 110 valence electrons. The summed E-state index contributed by atoms with van der Waals surface area (Å²) in [7, 11) is 0. The summed E-state index contributed by atoms with van der Waals surface area (Å²) in [6.07, 6.45) is 0. The highest BCUT2D eigenvalue weighted by atomic mass is 16.4. The van der Waals surface area contributed by atoms with Crippen LogP contribution in [0.15, 0.2) is 48.5 Å². The molecule has 0 atom stereocenters. The van der Waals surface area contributed by atoms with Crippen LogP contribution >= 0.6 is 0 Å². The van der Waals surface area contributed by atoms with Crippen molar-refractivity contribution in [3.05, 3.63) is 59.7 Å². The van der Waals surface area contributed by atoms with Crippen LogP contribution in [0, 0.1) is 0 Å². The highest BCUT2D eigenvalue weighted by molar-refractivity contribution is 5.97. The Morgan fingerprint density at radius 3 is 2.38 bits per heavy atom. The maximum atomic E-state index is 11.2. The minimum Gasteiger partial charge on any atom is -0.478 e. The first kappa shape index (κ1) is 14.9. The van der Waals surface area contributed by atoms with Gasteiger partial charge in [-0.3, -0.25) is 0 Å². The second-order valence-corrected chi connectivity index (χ2v) is 5.25. The summed E-state index contributed by atoms with van der Waals surface area (Å²) in [6, 6.07) is 15.4. The van der Waals surface area contributed by atoms with Crippen LogP contribution in [0.5, 0.6) is 0 Å². The molecule has 3 N–H and O–H groups in total. The minimum absolute atomic E-state index is 0.145. The van der Waals surface area contributed by atoms with E-state index in [1.54, 1.807) is 6.07 Å². The van der Waals surface area contributed by atoms with Gasteiger partial charge < -0.3 is 15.7 Å². The number of carboxylic acid groups (broad SMARTS) is 1. The van der Waals surface area contributed by atoms with Crippen molar-refractivity contribution >= 4 is 17.3 Å². The van der Waals surface area contributed by atoms with Crippen molar-refractivity contribution in [2.45, 2.75) is 26.4 Å². The number of rotatable bonds is 5. The Hall–Kier alpha value is -2.49. The largest absolute Gasteiger partial charge is 0.478 e. The van der Waals surface area contributed by atoms with E-state index in [2.05, 4.69) is 18.7 Å². The van der Waals surface area contributed by atoms with Gasteiger partial charge in [-0.05, 0) is 31.5 Å². The fraction of sp³-hybridized carbons (Fsp3) is 0.235. The SMILES string of the molecule is CC(C)N(Cc1ccccc1)c1cccc(C(=O)O)c1N. The Kier molecular flexibility index (Phi) is 4.48. The first-order valence-electron chi connectivity index (χ1n) is 6.93. The van der Waals surface area contributed by atoms with Gasteiger partial charge in [-0.2, -0.15) is 0 Å². The fourth-order valence-corrected chi connectivity index (χ4v) is 2.32. The van der Waals surface area contributed by atoms with Gasteiger partial charge in [0, 0.05) is 12.6 Å². The van der Waals surface area contributed by atoms with Crippen molar-refractivity contribution < 1.29 is 9.90 Å². The van der Waals surface area contributed by atoms with E-state index in [9.17, 15) is 9.90 Å². The number of nitrogens with two attached hydrogens (primary N) is 1. The molecule has 0 aliphatic heterocycles. The summed E-state index contributed by atoms with van der Waals surface area (Å²) in [5, 5.41) is 9.20. The van der Waals surface area contributed by atoms with Crippen LogP contribution in [0.25, 0.3) is 0 Å². The summed E-state index contributed by atoms with van der Waals surface area (Å²) in [6.45, 7) is 4.82. The van der Waals surface area contributed by atoms with Crippen LogP contribution in [0.3, 0.4) is 0 Å². The first-order valence-corrected chi connectivity index (χ1v) is 6.93. The number of carboxylic acids is 1. The molecule has 0 bridgehead atoms. The molecule has 4 nitrogen and oxygen atoms in total. The fourth-order valence-electron chi connectivity index (χ4n) is 2.32. The summed E-state index contributed by atoms with van der Waals surface area (Å²) in [4.78, 5) is 13.3. The Labute approximate surface area is 124 Å². The quantitative estimate of drug-likeness (QED) is 0.826. The monoisotopic (exact) mass is 284 g/mol. The lowest BCUT2D eigenvalue weighted by molar-refractivity contribution is 0.0698. The lowest BCUT2D eigenvalue weighted by atomic mass is 10.1. The van der Waals surface area contributed by atoms with Gasteiger partial charge in [0.2, 0.25) is 0 Å². The number of anilines is 2. The van der Waals surface area contributed by atoms with E-state index in [0.717, 1.165) is 11.3 Å². The smallest absolute Gasteiger partial charge is 0.337 e. The lowest BCUT2D eigenvalue weighted by Gasteiger charge is -2.30. The average Bonchev–Trinajstić information content (AvgIpc) is 2.46. The number of benzene rings is 2. The summed E-state index contributed by atoms with van der Waals surface area (Å²) >= 11 is 0. The maximum absolute atomic E-state index is 11.2. The molecule has 4 heteroatoms. The zero-order chi connectivity index (χ0) is 15.4. The summed E-state index contributed by atoms with van der Waals surface area (Å²) < 4.78 is 0. The van der Waals surface area contributed by atoms with Crippen LogP contribution in [0.4, 0.5) is 11.4 Å². The van der Waals surface area contributed by atoms with E-state index < -0.39 is 5.97 Å². The number of carbonyl (C=O) groups is 1. The van der Waals surface area contributed by atoms with Crippen molar-refractivity contribution in [1.29, 1.82) is 0 Å².